The summed E-state index contributed by atoms with van der Waals surface area (Å²) >= 11 is 0. The molecule has 0 N–H and O–H groups in total. The van der Waals surface area contributed by atoms with E-state index in [1.807, 2.05) is 30.3 Å². The van der Waals surface area contributed by atoms with Crippen LogP contribution in [0.3, 0.4) is 0 Å². The van der Waals surface area contributed by atoms with Gasteiger partial charge in [0, 0.05) is 11.8 Å². The van der Waals surface area contributed by atoms with Gasteiger partial charge in [-0.15, -0.1) is 0 Å². The average molecular weight is 417 g/mol. The summed E-state index contributed by atoms with van der Waals surface area (Å²) in [7, 11) is 0. The largest absolute Gasteiger partial charge is 0.423 e. The molecule has 2 aliphatic carbocycles. The first-order valence-corrected chi connectivity index (χ1v) is 10.8. The van der Waals surface area contributed by atoms with Crippen LogP contribution in [0.1, 0.15) is 58.4 Å². The second-order valence-corrected chi connectivity index (χ2v) is 8.51. The molecule has 0 radical (unpaired) electrons. The number of hydrogen-bond donors (Lipinski definition) is 0. The van der Waals surface area contributed by atoms with Crippen LogP contribution in [0.5, 0.6) is 5.75 Å². The summed E-state index contributed by atoms with van der Waals surface area (Å²) in [4.78, 5) is 22.4. The third kappa shape index (κ3) is 3.12. The van der Waals surface area contributed by atoms with Crippen molar-refractivity contribution in [2.75, 3.05) is 0 Å². The molecule has 0 aliphatic heterocycles. The number of ether oxygens (including phenoxy) is 1. The van der Waals surface area contributed by atoms with E-state index in [1.54, 1.807) is 36.4 Å². The summed E-state index contributed by atoms with van der Waals surface area (Å²) in [6.45, 7) is 0. The summed E-state index contributed by atoms with van der Waals surface area (Å²) in [6, 6.07) is 22.2. The van der Waals surface area contributed by atoms with Crippen LogP contribution in [0.25, 0.3) is 22.2 Å². The first kappa shape index (κ1) is 18.7. The van der Waals surface area contributed by atoms with Gasteiger partial charge in [-0.25, -0.2) is 14.8 Å². The number of nitriles is 1. The maximum Gasteiger partial charge on any atom is 0.343 e. The number of carbonyl (C=O) groups is 1. The lowest BCUT2D eigenvalue weighted by Crippen LogP contribution is -2.09. The van der Waals surface area contributed by atoms with E-state index < -0.39 is 5.97 Å². The molecule has 0 amide bonds. The highest BCUT2D eigenvalue weighted by Crippen LogP contribution is 2.51. The standard InChI is InChI=1S/C27H19N3O2/c28-15-16-1-3-17(4-2-16)18-7-10-22(11-8-18)32-27(31)21-9-12-23-24(14-21)30-26-20-6-5-19(13-20)25(26)29-23/h1-4,7-12,14,19-20H,5-6,13H2. The molecule has 3 aromatic carbocycles. The molecule has 5 heteroatoms. The van der Waals surface area contributed by atoms with Crippen LogP contribution in [0, 0.1) is 11.3 Å². The predicted octanol–water partition coefficient (Wildman–Crippen LogP) is 5.75. The molecule has 0 saturated heterocycles. The molecule has 2 bridgehead atoms. The molecule has 2 unspecified atom stereocenters. The van der Waals surface area contributed by atoms with Crippen molar-refractivity contribution in [3.8, 4) is 22.9 Å². The molecule has 32 heavy (non-hydrogen) atoms. The maximum atomic E-state index is 12.7. The Morgan fingerprint density at radius 2 is 1.47 bits per heavy atom. The van der Waals surface area contributed by atoms with E-state index in [1.165, 1.54) is 19.3 Å². The highest BCUT2D eigenvalue weighted by molar-refractivity contribution is 5.94. The van der Waals surface area contributed by atoms with Gasteiger partial charge in [-0.05, 0) is 72.9 Å². The average Bonchev–Trinajstić information content (AvgIpc) is 3.45. The highest BCUT2D eigenvalue weighted by Gasteiger charge is 2.39. The zero-order valence-electron chi connectivity index (χ0n) is 17.3. The molecular formula is C27H19N3O2. The first-order chi connectivity index (χ1) is 15.7. The second-order valence-electron chi connectivity index (χ2n) is 8.51. The fourth-order valence-corrected chi connectivity index (χ4v) is 4.91. The quantitative estimate of drug-likeness (QED) is 0.313. The van der Waals surface area contributed by atoms with E-state index in [9.17, 15) is 4.79 Å². The van der Waals surface area contributed by atoms with Crippen molar-refractivity contribution < 1.29 is 9.53 Å². The normalized spacial score (nSPS) is 18.3. The van der Waals surface area contributed by atoms with Crippen molar-refractivity contribution in [3.63, 3.8) is 0 Å². The van der Waals surface area contributed by atoms with Crippen molar-refractivity contribution in [2.45, 2.75) is 31.1 Å². The van der Waals surface area contributed by atoms with E-state index in [-0.39, 0.29) is 0 Å². The van der Waals surface area contributed by atoms with Gasteiger partial charge in [-0.1, -0.05) is 24.3 Å². The molecule has 2 atom stereocenters. The van der Waals surface area contributed by atoms with Crippen molar-refractivity contribution in [2.24, 2.45) is 0 Å². The van der Waals surface area contributed by atoms with Crippen LogP contribution in [0.15, 0.2) is 66.7 Å². The molecule has 5 nitrogen and oxygen atoms in total. The van der Waals surface area contributed by atoms with Crippen molar-refractivity contribution >= 4 is 17.0 Å². The maximum absolute atomic E-state index is 12.7. The Labute approximate surface area is 185 Å². The van der Waals surface area contributed by atoms with Gasteiger partial charge in [0.15, 0.2) is 0 Å². The molecular weight excluding hydrogens is 398 g/mol. The van der Waals surface area contributed by atoms with Gasteiger partial charge in [-0.2, -0.15) is 5.26 Å². The van der Waals surface area contributed by atoms with Crippen molar-refractivity contribution in [1.82, 2.24) is 9.97 Å². The predicted molar refractivity (Wildman–Crippen MR) is 120 cm³/mol. The lowest BCUT2D eigenvalue weighted by molar-refractivity contribution is 0.0735. The van der Waals surface area contributed by atoms with Crippen LogP contribution in [0.4, 0.5) is 0 Å². The van der Waals surface area contributed by atoms with E-state index in [4.69, 9.17) is 20.0 Å². The monoisotopic (exact) mass is 417 g/mol. The van der Waals surface area contributed by atoms with Crippen LogP contribution >= 0.6 is 0 Å². The van der Waals surface area contributed by atoms with Gasteiger partial charge in [0.1, 0.15) is 5.75 Å². The second kappa shape index (κ2) is 7.28. The lowest BCUT2D eigenvalue weighted by Gasteiger charge is -2.14. The fourth-order valence-electron chi connectivity index (χ4n) is 4.91. The number of hydrogen-bond acceptors (Lipinski definition) is 5. The van der Waals surface area contributed by atoms with Gasteiger partial charge >= 0.3 is 5.97 Å². The number of fused-ring (bicyclic) bond motifs is 6. The first-order valence-electron chi connectivity index (χ1n) is 10.8. The van der Waals surface area contributed by atoms with Gasteiger partial charge in [0.05, 0.1) is 39.6 Å². The molecule has 1 heterocycles. The van der Waals surface area contributed by atoms with E-state index in [0.717, 1.165) is 33.5 Å². The van der Waals surface area contributed by atoms with Crippen LogP contribution < -0.4 is 4.74 Å². The molecule has 1 fully saturated rings. The van der Waals surface area contributed by atoms with Gasteiger partial charge < -0.3 is 4.74 Å². The van der Waals surface area contributed by atoms with E-state index >= 15 is 0 Å². The molecule has 0 spiro atoms. The van der Waals surface area contributed by atoms with Crippen LogP contribution in [-0.2, 0) is 0 Å². The SMILES string of the molecule is N#Cc1ccc(-c2ccc(OC(=O)c3ccc4nc5c(nc4c3)C3CCC5C3)cc2)cc1. The van der Waals surface area contributed by atoms with Gasteiger partial charge in [0.2, 0.25) is 0 Å². The molecule has 1 aromatic heterocycles. The summed E-state index contributed by atoms with van der Waals surface area (Å²) < 4.78 is 5.59. The van der Waals surface area contributed by atoms with Crippen LogP contribution in [0.2, 0.25) is 0 Å². The number of nitrogens with zero attached hydrogens (tertiary/aromatic N) is 3. The van der Waals surface area contributed by atoms with Crippen LogP contribution in [-0.4, -0.2) is 15.9 Å². The Bertz CT molecular complexity index is 1400. The summed E-state index contributed by atoms with van der Waals surface area (Å²) in [5.41, 5.74) is 6.93. The van der Waals surface area contributed by atoms with Gasteiger partial charge in [-0.3, -0.25) is 0 Å². The number of carbonyl (C=O) groups excluding carboxylic acids is 1. The third-order valence-corrected chi connectivity index (χ3v) is 6.57. The molecule has 6 rings (SSSR count). The zero-order chi connectivity index (χ0) is 21.7. The Morgan fingerprint density at radius 3 is 2.12 bits per heavy atom. The molecule has 2 aliphatic rings. The zero-order valence-corrected chi connectivity index (χ0v) is 17.3. The topological polar surface area (TPSA) is 75.9 Å². The van der Waals surface area contributed by atoms with Crippen molar-refractivity contribution in [1.29, 1.82) is 5.26 Å². The van der Waals surface area contributed by atoms with E-state index in [0.29, 0.717) is 28.7 Å². The highest BCUT2D eigenvalue weighted by atomic mass is 16.5. The Kier molecular flexibility index (Phi) is 4.26. The Balaban J connectivity index is 1.22. The van der Waals surface area contributed by atoms with E-state index in [2.05, 4.69) is 6.07 Å². The van der Waals surface area contributed by atoms with Gasteiger partial charge in [0.25, 0.3) is 0 Å². The Hall–Kier alpha value is -4.04. The molecule has 154 valence electrons. The summed E-state index contributed by atoms with van der Waals surface area (Å²) in [5.74, 6) is 1.15. The number of aromatic nitrogens is 2. The molecule has 1 saturated carbocycles. The summed E-state index contributed by atoms with van der Waals surface area (Å²) in [6.07, 6.45) is 3.57. The minimum absolute atomic E-state index is 0.415. The van der Waals surface area contributed by atoms with Crippen molar-refractivity contribution in [3.05, 3.63) is 89.2 Å². The Morgan fingerprint density at radius 1 is 0.844 bits per heavy atom. The number of benzene rings is 3. The summed E-state index contributed by atoms with van der Waals surface area (Å²) in [5, 5.41) is 8.93. The number of esters is 1. The minimum Gasteiger partial charge on any atom is -0.423 e. The fraction of sp³-hybridized carbons (Fsp3) is 0.185. The molecule has 4 aromatic rings. The minimum atomic E-state index is -0.415. The lowest BCUT2D eigenvalue weighted by atomic mass is 10.00. The number of rotatable bonds is 3. The smallest absolute Gasteiger partial charge is 0.343 e. The third-order valence-electron chi connectivity index (χ3n) is 6.57.